The van der Waals surface area contributed by atoms with Crippen molar-refractivity contribution in [3.8, 4) is 0 Å². The van der Waals surface area contributed by atoms with Crippen LogP contribution in [0.2, 0.25) is 0 Å². The van der Waals surface area contributed by atoms with Crippen LogP contribution in [0.3, 0.4) is 0 Å². The van der Waals surface area contributed by atoms with Crippen LogP contribution in [0.5, 0.6) is 0 Å². The summed E-state index contributed by atoms with van der Waals surface area (Å²) in [7, 11) is 0. The summed E-state index contributed by atoms with van der Waals surface area (Å²) in [5.41, 5.74) is -0.0100. The number of ketones is 1. The zero-order valence-electron chi connectivity index (χ0n) is 21.5. The molecule has 0 aliphatic carbocycles. The third-order valence-electron chi connectivity index (χ3n) is 4.21. The lowest BCUT2D eigenvalue weighted by Gasteiger charge is -1.97. The van der Waals surface area contributed by atoms with E-state index >= 15 is 0 Å². The number of aldehydes is 1. The van der Waals surface area contributed by atoms with Crippen LogP contribution in [0.15, 0.2) is 77.2 Å². The molecule has 0 saturated heterocycles. The van der Waals surface area contributed by atoms with Crippen LogP contribution < -0.4 is 0 Å². The lowest BCUT2D eigenvalue weighted by atomic mass is 10.3. The lowest BCUT2D eigenvalue weighted by Crippen LogP contribution is -1.89. The Bertz CT molecular complexity index is 1380. The number of nitro groups is 3. The molecule has 41 heavy (non-hydrogen) atoms. The van der Waals surface area contributed by atoms with Gasteiger partial charge in [0.1, 0.15) is 23.3 Å². The number of aromatic nitrogens is 3. The standard InChI is InChI=1S/C11H12N2O3S.C8H8N2O3S.C5H4N2O2S/c1-9(14)4-2-3-7-17-11-6-5-10(8-12-11)13(15)16;11-4-1-5-14-8-3-2-7(6-9-8)10(12)13;8-7(9)4-1-2-5(10)6-3-4/h2,4-6,8H,3,7H2,1H3;2-4,6H,1,5H2;1-3H,(H,6,10)/b4-2+;;. The monoisotopic (exact) mass is 620 g/mol. The van der Waals surface area contributed by atoms with Gasteiger partial charge in [0.15, 0.2) is 5.78 Å². The summed E-state index contributed by atoms with van der Waals surface area (Å²) in [6.07, 6.45) is 9.12. The Morgan fingerprint density at radius 2 is 1.34 bits per heavy atom. The summed E-state index contributed by atoms with van der Waals surface area (Å²) in [6, 6.07) is 8.87. The zero-order chi connectivity index (χ0) is 30.6. The van der Waals surface area contributed by atoms with E-state index in [4.69, 9.17) is 0 Å². The molecule has 0 aromatic carbocycles. The topological polar surface area (TPSA) is 205 Å². The van der Waals surface area contributed by atoms with Gasteiger partial charge in [0, 0.05) is 36.1 Å². The van der Waals surface area contributed by atoms with Crippen LogP contribution in [-0.4, -0.2) is 53.3 Å². The van der Waals surface area contributed by atoms with Crippen LogP contribution in [0.1, 0.15) is 19.8 Å². The van der Waals surface area contributed by atoms with E-state index in [0.29, 0.717) is 21.8 Å². The molecule has 216 valence electrons. The predicted molar refractivity (Wildman–Crippen MR) is 157 cm³/mol. The Balaban J connectivity index is 0.000000318. The van der Waals surface area contributed by atoms with Crippen molar-refractivity contribution in [1.82, 2.24) is 15.0 Å². The molecule has 0 aliphatic heterocycles. The molecule has 0 radical (unpaired) electrons. The van der Waals surface area contributed by atoms with Gasteiger partial charge in [0.25, 0.3) is 17.1 Å². The second kappa shape index (κ2) is 19.7. The molecule has 0 amide bonds. The summed E-state index contributed by atoms with van der Waals surface area (Å²) in [6.45, 7) is 1.50. The minimum absolute atomic E-state index is 0.00849. The van der Waals surface area contributed by atoms with Gasteiger partial charge < -0.3 is 9.78 Å². The van der Waals surface area contributed by atoms with Gasteiger partial charge >= 0.3 is 0 Å². The first-order valence-corrected chi connectivity index (χ1v) is 13.8. The van der Waals surface area contributed by atoms with Crippen LogP contribution in [0.25, 0.3) is 0 Å². The highest BCUT2D eigenvalue weighted by atomic mass is 32.2. The van der Waals surface area contributed by atoms with Gasteiger partial charge in [-0.05, 0) is 37.6 Å². The SMILES string of the molecule is CC(=O)/C=C/CCSc1ccc([N+](=O)[O-])cn1.O=CCCSc1ccc([N+](=O)[O-])cn1.O=[N+]([O-])c1ccc(=S)[nH]c1. The predicted octanol–water partition coefficient (Wildman–Crippen LogP) is 5.94. The van der Waals surface area contributed by atoms with Gasteiger partial charge in [-0.25, -0.2) is 9.97 Å². The number of allylic oxidation sites excluding steroid dienone is 2. The van der Waals surface area contributed by atoms with Crippen LogP contribution >= 0.6 is 35.7 Å². The Labute approximate surface area is 247 Å². The molecule has 0 aliphatic rings. The Kier molecular flexibility index (Phi) is 16.6. The van der Waals surface area contributed by atoms with Crippen molar-refractivity contribution in [3.05, 3.63) is 102 Å². The largest absolute Gasteiger partial charge is 0.347 e. The molecular weight excluding hydrogens is 596 g/mol. The van der Waals surface area contributed by atoms with E-state index in [1.807, 2.05) is 0 Å². The fourth-order valence-corrected chi connectivity index (χ4v) is 3.94. The van der Waals surface area contributed by atoms with Crippen molar-refractivity contribution >= 4 is 64.9 Å². The quantitative estimate of drug-likeness (QED) is 0.0474. The van der Waals surface area contributed by atoms with Crippen molar-refractivity contribution < 1.29 is 24.4 Å². The lowest BCUT2D eigenvalue weighted by molar-refractivity contribution is -0.385. The molecular formula is C24H24N6O8S3. The van der Waals surface area contributed by atoms with Crippen LogP contribution in [0.4, 0.5) is 17.1 Å². The summed E-state index contributed by atoms with van der Waals surface area (Å²) in [5.74, 6) is 1.46. The molecule has 0 spiro atoms. The van der Waals surface area contributed by atoms with Gasteiger partial charge in [-0.1, -0.05) is 18.3 Å². The number of hydrogen-bond donors (Lipinski definition) is 1. The number of rotatable bonds is 12. The average molecular weight is 621 g/mol. The van der Waals surface area contributed by atoms with Crippen molar-refractivity contribution in [2.75, 3.05) is 11.5 Å². The number of pyridine rings is 3. The van der Waals surface area contributed by atoms with E-state index in [1.54, 1.807) is 18.2 Å². The number of aromatic amines is 1. The van der Waals surface area contributed by atoms with Crippen molar-refractivity contribution in [3.63, 3.8) is 0 Å². The maximum absolute atomic E-state index is 10.6. The van der Waals surface area contributed by atoms with Crippen LogP contribution in [-0.2, 0) is 9.59 Å². The number of thioether (sulfide) groups is 2. The second-order valence-electron chi connectivity index (χ2n) is 7.35. The number of carbonyl (C=O) groups excluding carboxylic acids is 2. The third-order valence-corrected chi connectivity index (χ3v) is 6.42. The first-order valence-electron chi connectivity index (χ1n) is 11.4. The van der Waals surface area contributed by atoms with E-state index in [9.17, 15) is 39.9 Å². The maximum Gasteiger partial charge on any atom is 0.287 e. The van der Waals surface area contributed by atoms with Crippen LogP contribution in [0, 0.1) is 35.0 Å². The number of H-pyrrole nitrogens is 1. The van der Waals surface area contributed by atoms with Gasteiger partial charge in [-0.2, -0.15) is 0 Å². The maximum atomic E-state index is 10.6. The van der Waals surface area contributed by atoms with Gasteiger partial charge in [0.05, 0.1) is 31.0 Å². The molecule has 0 atom stereocenters. The van der Waals surface area contributed by atoms with E-state index in [1.165, 1.54) is 79.4 Å². The molecule has 0 fully saturated rings. The fraction of sp³-hybridized carbons (Fsp3) is 0.208. The molecule has 14 nitrogen and oxygen atoms in total. The zero-order valence-corrected chi connectivity index (χ0v) is 23.9. The number of hydrogen-bond acceptors (Lipinski definition) is 13. The molecule has 1 N–H and O–H groups in total. The minimum atomic E-state index is -0.493. The second-order valence-corrected chi connectivity index (χ2v) is 10.0. The fourth-order valence-electron chi connectivity index (χ4n) is 2.34. The Morgan fingerprint density at radius 1 is 0.854 bits per heavy atom. The van der Waals surface area contributed by atoms with E-state index < -0.39 is 14.8 Å². The molecule has 3 aromatic rings. The minimum Gasteiger partial charge on any atom is -0.347 e. The molecule has 3 aromatic heterocycles. The van der Waals surface area contributed by atoms with E-state index in [2.05, 4.69) is 27.2 Å². The van der Waals surface area contributed by atoms with Crippen molar-refractivity contribution in [1.29, 1.82) is 0 Å². The molecule has 3 heterocycles. The highest BCUT2D eigenvalue weighted by Gasteiger charge is 2.06. The van der Waals surface area contributed by atoms with Gasteiger partial charge in [-0.15, -0.1) is 23.5 Å². The highest BCUT2D eigenvalue weighted by molar-refractivity contribution is 7.99. The molecule has 0 saturated carbocycles. The summed E-state index contributed by atoms with van der Waals surface area (Å²) < 4.78 is 0.491. The van der Waals surface area contributed by atoms with Gasteiger partial charge in [-0.3, -0.25) is 35.1 Å². The Morgan fingerprint density at radius 3 is 1.71 bits per heavy atom. The summed E-state index contributed by atoms with van der Waals surface area (Å²) >= 11 is 7.58. The molecule has 0 bridgehead atoms. The summed E-state index contributed by atoms with van der Waals surface area (Å²) in [5, 5.41) is 32.2. The highest BCUT2D eigenvalue weighted by Crippen LogP contribution is 2.19. The number of nitrogens with zero attached hydrogens (tertiary/aromatic N) is 5. The average Bonchev–Trinajstić information content (AvgIpc) is 2.94. The van der Waals surface area contributed by atoms with Gasteiger partial charge in [0.2, 0.25) is 0 Å². The van der Waals surface area contributed by atoms with Crippen molar-refractivity contribution in [2.45, 2.75) is 29.8 Å². The molecule has 3 rings (SSSR count). The smallest absolute Gasteiger partial charge is 0.287 e. The van der Waals surface area contributed by atoms with Crippen molar-refractivity contribution in [2.24, 2.45) is 0 Å². The first kappa shape index (κ1) is 34.7. The normalized spacial score (nSPS) is 9.98. The third kappa shape index (κ3) is 15.7. The first-order chi connectivity index (χ1) is 19.5. The Hall–Kier alpha value is -4.35. The van der Waals surface area contributed by atoms with E-state index in [-0.39, 0.29) is 22.8 Å². The summed E-state index contributed by atoms with van der Waals surface area (Å²) in [4.78, 5) is 60.3. The molecule has 17 heteroatoms. The molecule has 0 unspecified atom stereocenters. The van der Waals surface area contributed by atoms with E-state index in [0.717, 1.165) is 23.5 Å². The number of nitrogens with one attached hydrogen (secondary N) is 1. The number of carbonyl (C=O) groups is 2.